The van der Waals surface area contributed by atoms with Gasteiger partial charge in [-0.05, 0) is 35.8 Å². The number of rotatable bonds is 7. The summed E-state index contributed by atoms with van der Waals surface area (Å²) in [5.74, 6) is 8.54. The smallest absolute Gasteiger partial charge is 0.0341 e. The van der Waals surface area contributed by atoms with E-state index in [2.05, 4.69) is 24.3 Å². The SMILES string of the molecule is CC(C)CSCC(Cc1ccncc1)NN. The Morgan fingerprint density at radius 1 is 1.31 bits per heavy atom. The molecule has 0 aromatic carbocycles. The first kappa shape index (κ1) is 13.5. The minimum atomic E-state index is 0.339. The van der Waals surface area contributed by atoms with Crippen molar-refractivity contribution < 1.29 is 0 Å². The highest BCUT2D eigenvalue weighted by molar-refractivity contribution is 7.99. The second-order valence-electron chi connectivity index (χ2n) is 4.35. The second kappa shape index (κ2) is 7.65. The summed E-state index contributed by atoms with van der Waals surface area (Å²) in [5.41, 5.74) is 4.16. The Labute approximate surface area is 102 Å². The van der Waals surface area contributed by atoms with Crippen molar-refractivity contribution in [3.05, 3.63) is 30.1 Å². The molecule has 0 aliphatic rings. The van der Waals surface area contributed by atoms with Crippen LogP contribution in [0.5, 0.6) is 0 Å². The Morgan fingerprint density at radius 2 is 2.00 bits per heavy atom. The van der Waals surface area contributed by atoms with Crippen molar-refractivity contribution in [3.8, 4) is 0 Å². The second-order valence-corrected chi connectivity index (χ2v) is 5.43. The number of aromatic nitrogens is 1. The van der Waals surface area contributed by atoms with Crippen LogP contribution in [0.3, 0.4) is 0 Å². The molecule has 3 N–H and O–H groups in total. The number of nitrogens with one attached hydrogen (secondary N) is 1. The molecule has 0 saturated carbocycles. The van der Waals surface area contributed by atoms with Gasteiger partial charge in [0.2, 0.25) is 0 Å². The lowest BCUT2D eigenvalue weighted by molar-refractivity contribution is 0.574. The summed E-state index contributed by atoms with van der Waals surface area (Å²) in [7, 11) is 0. The van der Waals surface area contributed by atoms with Gasteiger partial charge in [0.15, 0.2) is 0 Å². The van der Waals surface area contributed by atoms with Crippen LogP contribution in [0, 0.1) is 5.92 Å². The molecule has 1 rings (SSSR count). The van der Waals surface area contributed by atoms with E-state index < -0.39 is 0 Å². The zero-order valence-corrected chi connectivity index (χ0v) is 10.8. The quantitative estimate of drug-likeness (QED) is 0.563. The highest BCUT2D eigenvalue weighted by Crippen LogP contribution is 2.11. The van der Waals surface area contributed by atoms with Crippen LogP contribution in [0.25, 0.3) is 0 Å². The maximum Gasteiger partial charge on any atom is 0.0341 e. The fourth-order valence-electron chi connectivity index (χ4n) is 1.42. The molecule has 0 bridgehead atoms. The summed E-state index contributed by atoms with van der Waals surface area (Å²) in [5, 5.41) is 0. The third kappa shape index (κ3) is 5.49. The fraction of sp³-hybridized carbons (Fsp3) is 0.583. The molecular formula is C12H21N3S. The van der Waals surface area contributed by atoms with Crippen molar-refractivity contribution in [1.82, 2.24) is 10.4 Å². The molecule has 90 valence electrons. The fourth-order valence-corrected chi connectivity index (χ4v) is 2.52. The maximum atomic E-state index is 5.56. The maximum absolute atomic E-state index is 5.56. The van der Waals surface area contributed by atoms with E-state index >= 15 is 0 Å². The van der Waals surface area contributed by atoms with Gasteiger partial charge in [-0.3, -0.25) is 16.3 Å². The Kier molecular flexibility index (Phi) is 6.45. The standard InChI is InChI=1S/C12H21N3S/c1-10(2)8-16-9-12(15-13)7-11-3-5-14-6-4-11/h3-6,10,12,15H,7-9,13H2,1-2H3. The molecule has 0 aliphatic heterocycles. The average Bonchev–Trinajstić information content (AvgIpc) is 2.28. The number of pyridine rings is 1. The molecule has 1 unspecified atom stereocenters. The summed E-state index contributed by atoms with van der Waals surface area (Å²) in [4.78, 5) is 4.01. The predicted octanol–water partition coefficient (Wildman–Crippen LogP) is 1.85. The average molecular weight is 239 g/mol. The topological polar surface area (TPSA) is 50.9 Å². The zero-order valence-electron chi connectivity index (χ0n) is 10.0. The molecule has 0 fully saturated rings. The van der Waals surface area contributed by atoms with Gasteiger partial charge in [0.05, 0.1) is 0 Å². The highest BCUT2D eigenvalue weighted by Gasteiger charge is 2.08. The highest BCUT2D eigenvalue weighted by atomic mass is 32.2. The molecule has 0 amide bonds. The first-order valence-corrected chi connectivity index (χ1v) is 6.80. The normalized spacial score (nSPS) is 13.0. The summed E-state index contributed by atoms with van der Waals surface area (Å²) < 4.78 is 0. The van der Waals surface area contributed by atoms with Gasteiger partial charge in [-0.2, -0.15) is 11.8 Å². The van der Waals surface area contributed by atoms with Crippen molar-refractivity contribution in [1.29, 1.82) is 0 Å². The number of thioether (sulfide) groups is 1. The van der Waals surface area contributed by atoms with Gasteiger partial charge in [0, 0.05) is 24.2 Å². The molecule has 1 aromatic rings. The van der Waals surface area contributed by atoms with E-state index in [4.69, 9.17) is 5.84 Å². The predicted molar refractivity (Wildman–Crippen MR) is 71.2 cm³/mol. The lowest BCUT2D eigenvalue weighted by Gasteiger charge is -2.16. The van der Waals surface area contributed by atoms with Crippen molar-refractivity contribution in [3.63, 3.8) is 0 Å². The van der Waals surface area contributed by atoms with Crippen LogP contribution in [0.15, 0.2) is 24.5 Å². The molecule has 0 aliphatic carbocycles. The van der Waals surface area contributed by atoms with Crippen molar-refractivity contribution in [2.24, 2.45) is 11.8 Å². The molecule has 0 spiro atoms. The first-order valence-electron chi connectivity index (χ1n) is 5.65. The van der Waals surface area contributed by atoms with Gasteiger partial charge < -0.3 is 0 Å². The third-order valence-electron chi connectivity index (χ3n) is 2.24. The van der Waals surface area contributed by atoms with Crippen LogP contribution >= 0.6 is 11.8 Å². The summed E-state index contributed by atoms with van der Waals surface area (Å²) in [6.45, 7) is 4.47. The van der Waals surface area contributed by atoms with E-state index in [1.807, 2.05) is 36.3 Å². The Morgan fingerprint density at radius 3 is 2.56 bits per heavy atom. The molecule has 1 heterocycles. The zero-order chi connectivity index (χ0) is 11.8. The Hall–Kier alpha value is -0.580. The van der Waals surface area contributed by atoms with Gasteiger partial charge in [-0.15, -0.1) is 0 Å². The van der Waals surface area contributed by atoms with Gasteiger partial charge in [0.25, 0.3) is 0 Å². The van der Waals surface area contributed by atoms with Crippen molar-refractivity contribution in [2.75, 3.05) is 11.5 Å². The summed E-state index contributed by atoms with van der Waals surface area (Å²) in [6.07, 6.45) is 4.61. The molecule has 0 saturated heterocycles. The number of nitrogens with two attached hydrogens (primary N) is 1. The minimum absolute atomic E-state index is 0.339. The van der Waals surface area contributed by atoms with Crippen LogP contribution in [0.2, 0.25) is 0 Å². The minimum Gasteiger partial charge on any atom is -0.271 e. The number of hydrogen-bond donors (Lipinski definition) is 2. The molecule has 1 atom stereocenters. The Bertz CT molecular complexity index is 277. The molecule has 3 nitrogen and oxygen atoms in total. The number of hydrogen-bond acceptors (Lipinski definition) is 4. The van der Waals surface area contributed by atoms with Crippen LogP contribution in [-0.4, -0.2) is 22.5 Å². The van der Waals surface area contributed by atoms with Crippen LogP contribution in [0.4, 0.5) is 0 Å². The van der Waals surface area contributed by atoms with Crippen LogP contribution < -0.4 is 11.3 Å². The molecule has 0 radical (unpaired) electrons. The van der Waals surface area contributed by atoms with E-state index in [0.717, 1.165) is 18.1 Å². The first-order chi connectivity index (χ1) is 7.72. The third-order valence-corrected chi connectivity index (χ3v) is 3.78. The van der Waals surface area contributed by atoms with E-state index in [9.17, 15) is 0 Å². The van der Waals surface area contributed by atoms with Crippen LogP contribution in [0.1, 0.15) is 19.4 Å². The molecule has 1 aromatic heterocycles. The van der Waals surface area contributed by atoms with Gasteiger partial charge in [-0.1, -0.05) is 13.8 Å². The lowest BCUT2D eigenvalue weighted by Crippen LogP contribution is -2.38. The van der Waals surface area contributed by atoms with E-state index in [1.54, 1.807) is 0 Å². The van der Waals surface area contributed by atoms with Crippen LogP contribution in [-0.2, 0) is 6.42 Å². The van der Waals surface area contributed by atoms with E-state index in [1.165, 1.54) is 11.3 Å². The number of hydrazine groups is 1. The van der Waals surface area contributed by atoms with Crippen molar-refractivity contribution >= 4 is 11.8 Å². The van der Waals surface area contributed by atoms with E-state index in [-0.39, 0.29) is 0 Å². The largest absolute Gasteiger partial charge is 0.271 e. The van der Waals surface area contributed by atoms with Crippen molar-refractivity contribution in [2.45, 2.75) is 26.3 Å². The molecular weight excluding hydrogens is 218 g/mol. The molecule has 16 heavy (non-hydrogen) atoms. The van der Waals surface area contributed by atoms with E-state index in [0.29, 0.717) is 6.04 Å². The lowest BCUT2D eigenvalue weighted by atomic mass is 10.1. The summed E-state index contributed by atoms with van der Waals surface area (Å²) in [6, 6.07) is 4.42. The monoisotopic (exact) mass is 239 g/mol. The van der Waals surface area contributed by atoms with Gasteiger partial charge in [0.1, 0.15) is 0 Å². The van der Waals surface area contributed by atoms with Gasteiger partial charge in [-0.25, -0.2) is 0 Å². The molecule has 4 heteroatoms. The summed E-state index contributed by atoms with van der Waals surface area (Å²) >= 11 is 1.96. The van der Waals surface area contributed by atoms with Gasteiger partial charge >= 0.3 is 0 Å². The Balaban J connectivity index is 2.32. The number of nitrogens with zero attached hydrogens (tertiary/aromatic N) is 1.